The van der Waals surface area contributed by atoms with Gasteiger partial charge in [0.25, 0.3) is 0 Å². The van der Waals surface area contributed by atoms with Crippen molar-refractivity contribution in [2.75, 3.05) is 0 Å². The fraction of sp³-hybridized carbons (Fsp3) is 0.143. The average molecular weight is 302 g/mol. The molecule has 12 heavy (non-hydrogen) atoms. The van der Waals surface area contributed by atoms with Crippen LogP contribution >= 0.6 is 31.9 Å². The van der Waals surface area contributed by atoms with Gasteiger partial charge < -0.3 is 5.11 Å². The summed E-state index contributed by atoms with van der Waals surface area (Å²) in [5.74, 6) is -2.01. The molecule has 1 aromatic carbocycles. The Morgan fingerprint density at radius 2 is 1.83 bits per heavy atom. The van der Waals surface area contributed by atoms with Crippen molar-refractivity contribution >= 4 is 31.9 Å². The Balaban J connectivity index is 3.39. The molecule has 0 unspecified atom stereocenters. The number of hydrogen-bond acceptors (Lipinski definition) is 1. The molecule has 66 valence electrons. The van der Waals surface area contributed by atoms with Crippen LogP contribution in [0.5, 0.6) is 0 Å². The zero-order valence-electron chi connectivity index (χ0n) is 5.74. The standard InChI is InChI=1S/C7H4Br2F2O/c8-4-1-3(2-12)6(10)7(11)5(4)9/h1,12H,2H2. The summed E-state index contributed by atoms with van der Waals surface area (Å²) in [6, 6.07) is 1.32. The van der Waals surface area contributed by atoms with E-state index in [-0.39, 0.29) is 10.0 Å². The third kappa shape index (κ3) is 1.67. The van der Waals surface area contributed by atoms with Gasteiger partial charge in [0.2, 0.25) is 0 Å². The molecule has 0 aliphatic rings. The fourth-order valence-corrected chi connectivity index (χ4v) is 1.48. The Bertz CT molecular complexity index is 315. The van der Waals surface area contributed by atoms with E-state index in [1.54, 1.807) is 0 Å². The van der Waals surface area contributed by atoms with Crippen molar-refractivity contribution in [3.8, 4) is 0 Å². The Morgan fingerprint density at radius 3 is 2.33 bits per heavy atom. The number of halogens is 4. The van der Waals surface area contributed by atoms with Crippen molar-refractivity contribution < 1.29 is 13.9 Å². The maximum absolute atomic E-state index is 12.9. The minimum Gasteiger partial charge on any atom is -0.392 e. The van der Waals surface area contributed by atoms with Gasteiger partial charge in [-0.1, -0.05) is 0 Å². The first-order valence-electron chi connectivity index (χ1n) is 3.00. The molecule has 0 aromatic heterocycles. The van der Waals surface area contributed by atoms with E-state index in [1.807, 2.05) is 0 Å². The number of aliphatic hydroxyl groups is 1. The molecule has 0 saturated heterocycles. The first-order chi connectivity index (χ1) is 5.57. The summed E-state index contributed by atoms with van der Waals surface area (Å²) in [4.78, 5) is 0. The highest BCUT2D eigenvalue weighted by Gasteiger charge is 2.14. The van der Waals surface area contributed by atoms with E-state index in [9.17, 15) is 8.78 Å². The summed E-state index contributed by atoms with van der Waals surface area (Å²) in [7, 11) is 0. The van der Waals surface area contributed by atoms with Gasteiger partial charge in [0, 0.05) is 10.0 Å². The van der Waals surface area contributed by atoms with Gasteiger partial charge in [0.1, 0.15) is 0 Å². The van der Waals surface area contributed by atoms with E-state index < -0.39 is 18.2 Å². The summed E-state index contributed by atoms with van der Waals surface area (Å²) in [5.41, 5.74) is -0.0671. The molecule has 0 bridgehead atoms. The largest absolute Gasteiger partial charge is 0.392 e. The Labute approximate surface area is 84.7 Å². The van der Waals surface area contributed by atoms with Crippen LogP contribution in [-0.2, 0) is 6.61 Å². The maximum atomic E-state index is 12.9. The first-order valence-corrected chi connectivity index (χ1v) is 4.59. The van der Waals surface area contributed by atoms with Gasteiger partial charge in [-0.3, -0.25) is 0 Å². The van der Waals surface area contributed by atoms with Crippen molar-refractivity contribution in [3.63, 3.8) is 0 Å². The molecule has 0 saturated carbocycles. The molecule has 0 amide bonds. The second kappa shape index (κ2) is 3.81. The number of benzene rings is 1. The molecular weight excluding hydrogens is 298 g/mol. The number of aliphatic hydroxyl groups excluding tert-OH is 1. The quantitative estimate of drug-likeness (QED) is 0.624. The van der Waals surface area contributed by atoms with Crippen LogP contribution in [0.3, 0.4) is 0 Å². The highest BCUT2D eigenvalue weighted by Crippen LogP contribution is 2.29. The molecular formula is C7H4Br2F2O. The van der Waals surface area contributed by atoms with E-state index >= 15 is 0 Å². The minimum atomic E-state index is -1.02. The van der Waals surface area contributed by atoms with Crippen molar-refractivity contribution in [2.45, 2.75) is 6.61 Å². The SMILES string of the molecule is OCc1cc(Br)c(Br)c(F)c1F. The predicted molar refractivity (Wildman–Crippen MR) is 47.7 cm³/mol. The molecule has 1 rings (SSSR count). The highest BCUT2D eigenvalue weighted by atomic mass is 79.9. The van der Waals surface area contributed by atoms with E-state index in [2.05, 4.69) is 31.9 Å². The highest BCUT2D eigenvalue weighted by molar-refractivity contribution is 9.13. The minimum absolute atomic E-state index is 0.0252. The van der Waals surface area contributed by atoms with Crippen LogP contribution in [0.2, 0.25) is 0 Å². The number of rotatable bonds is 1. The summed E-state index contributed by atoms with van der Waals surface area (Å²) < 4.78 is 26.1. The van der Waals surface area contributed by atoms with Gasteiger partial charge in [0.05, 0.1) is 11.1 Å². The zero-order valence-corrected chi connectivity index (χ0v) is 8.92. The molecule has 0 spiro atoms. The Hall–Kier alpha value is -0.000000000000000111. The molecule has 1 aromatic rings. The second-order valence-corrected chi connectivity index (χ2v) is 3.76. The molecule has 5 heteroatoms. The molecule has 0 heterocycles. The molecule has 1 nitrogen and oxygen atoms in total. The van der Waals surface area contributed by atoms with Gasteiger partial charge >= 0.3 is 0 Å². The molecule has 0 radical (unpaired) electrons. The molecule has 0 fully saturated rings. The lowest BCUT2D eigenvalue weighted by atomic mass is 10.2. The Kier molecular flexibility index (Phi) is 3.20. The lowest BCUT2D eigenvalue weighted by molar-refractivity contribution is 0.273. The monoisotopic (exact) mass is 300 g/mol. The predicted octanol–water partition coefficient (Wildman–Crippen LogP) is 2.98. The molecule has 0 atom stereocenters. The van der Waals surface area contributed by atoms with E-state index in [1.165, 1.54) is 6.07 Å². The van der Waals surface area contributed by atoms with E-state index in [4.69, 9.17) is 5.11 Å². The van der Waals surface area contributed by atoms with Gasteiger partial charge in [0.15, 0.2) is 11.6 Å². The summed E-state index contributed by atoms with van der Waals surface area (Å²) in [5, 5.41) is 8.62. The fourth-order valence-electron chi connectivity index (χ4n) is 0.737. The Morgan fingerprint density at radius 1 is 1.25 bits per heavy atom. The van der Waals surface area contributed by atoms with Crippen LogP contribution in [0.4, 0.5) is 8.78 Å². The smallest absolute Gasteiger partial charge is 0.174 e. The normalized spacial score (nSPS) is 10.4. The first kappa shape index (κ1) is 10.1. The maximum Gasteiger partial charge on any atom is 0.174 e. The number of hydrogen-bond donors (Lipinski definition) is 1. The van der Waals surface area contributed by atoms with Crippen LogP contribution in [-0.4, -0.2) is 5.11 Å². The summed E-state index contributed by atoms with van der Waals surface area (Å²) in [6.07, 6.45) is 0. The lowest BCUT2D eigenvalue weighted by Crippen LogP contribution is -1.95. The molecule has 1 N–H and O–H groups in total. The van der Waals surface area contributed by atoms with Crippen molar-refractivity contribution in [3.05, 3.63) is 32.2 Å². The van der Waals surface area contributed by atoms with E-state index in [0.717, 1.165) is 0 Å². The molecule has 0 aliphatic heterocycles. The average Bonchev–Trinajstić information content (AvgIpc) is 2.08. The summed E-state index contributed by atoms with van der Waals surface area (Å²) in [6.45, 7) is -0.519. The van der Waals surface area contributed by atoms with Gasteiger partial charge in [-0.05, 0) is 37.9 Å². The van der Waals surface area contributed by atoms with Crippen LogP contribution in [0.15, 0.2) is 15.0 Å². The van der Waals surface area contributed by atoms with Gasteiger partial charge in [-0.2, -0.15) is 0 Å². The second-order valence-electron chi connectivity index (χ2n) is 2.12. The van der Waals surface area contributed by atoms with E-state index in [0.29, 0.717) is 4.47 Å². The van der Waals surface area contributed by atoms with Crippen molar-refractivity contribution in [1.29, 1.82) is 0 Å². The summed E-state index contributed by atoms with van der Waals surface area (Å²) >= 11 is 5.86. The van der Waals surface area contributed by atoms with Crippen LogP contribution in [0, 0.1) is 11.6 Å². The van der Waals surface area contributed by atoms with Crippen LogP contribution in [0.1, 0.15) is 5.56 Å². The van der Waals surface area contributed by atoms with Crippen LogP contribution in [0.25, 0.3) is 0 Å². The van der Waals surface area contributed by atoms with Gasteiger partial charge in [-0.15, -0.1) is 0 Å². The molecule has 0 aliphatic carbocycles. The van der Waals surface area contributed by atoms with Crippen molar-refractivity contribution in [1.82, 2.24) is 0 Å². The lowest BCUT2D eigenvalue weighted by Gasteiger charge is -2.03. The topological polar surface area (TPSA) is 20.2 Å². The third-order valence-corrected chi connectivity index (χ3v) is 3.28. The van der Waals surface area contributed by atoms with Gasteiger partial charge in [-0.25, -0.2) is 8.78 Å². The zero-order chi connectivity index (χ0) is 9.30. The third-order valence-electron chi connectivity index (χ3n) is 1.35. The van der Waals surface area contributed by atoms with Crippen molar-refractivity contribution in [2.24, 2.45) is 0 Å². The van der Waals surface area contributed by atoms with Crippen LogP contribution < -0.4 is 0 Å².